The van der Waals surface area contributed by atoms with Crippen LogP contribution < -0.4 is 4.74 Å². The fraction of sp³-hybridized carbons (Fsp3) is 0.154. The van der Waals surface area contributed by atoms with E-state index in [4.69, 9.17) is 11.2 Å². The van der Waals surface area contributed by atoms with Gasteiger partial charge in [-0.3, -0.25) is 4.98 Å². The first-order valence-electron chi connectivity index (χ1n) is 4.85. The molecule has 0 N–H and O–H groups in total. The number of fused-ring (bicyclic) bond motifs is 1. The number of pyridine rings is 1. The third-order valence-corrected chi connectivity index (χ3v) is 3.12. The standard InChI is InChI=1S/C13H11NOS/c1-3-8-16-12-9-14-11-7-5-4-6-10(11)13(12)15-2/h1,4-7,9H,8H2,2H3. The molecular formula is C13H11NOS. The van der Waals surface area contributed by atoms with Crippen molar-refractivity contribution in [3.63, 3.8) is 0 Å². The number of ether oxygens (including phenoxy) is 1. The van der Waals surface area contributed by atoms with Crippen LogP contribution in [0.4, 0.5) is 0 Å². The molecule has 1 heterocycles. The van der Waals surface area contributed by atoms with Gasteiger partial charge in [0.1, 0.15) is 5.75 Å². The van der Waals surface area contributed by atoms with Gasteiger partial charge in [0.15, 0.2) is 0 Å². The van der Waals surface area contributed by atoms with Crippen molar-refractivity contribution >= 4 is 22.7 Å². The molecule has 0 atom stereocenters. The topological polar surface area (TPSA) is 22.1 Å². The van der Waals surface area contributed by atoms with Crippen molar-refractivity contribution in [1.82, 2.24) is 4.98 Å². The highest BCUT2D eigenvalue weighted by molar-refractivity contribution is 7.99. The summed E-state index contributed by atoms with van der Waals surface area (Å²) in [6.07, 6.45) is 7.06. The number of hydrogen-bond acceptors (Lipinski definition) is 3. The average Bonchev–Trinajstić information content (AvgIpc) is 2.35. The second kappa shape index (κ2) is 4.91. The zero-order chi connectivity index (χ0) is 11.4. The minimum Gasteiger partial charge on any atom is -0.495 e. The Morgan fingerprint density at radius 2 is 2.25 bits per heavy atom. The van der Waals surface area contributed by atoms with Crippen LogP contribution in [0, 0.1) is 12.3 Å². The smallest absolute Gasteiger partial charge is 0.143 e. The Labute approximate surface area is 99.0 Å². The van der Waals surface area contributed by atoms with Crippen molar-refractivity contribution in [3.8, 4) is 18.1 Å². The van der Waals surface area contributed by atoms with Crippen molar-refractivity contribution in [2.75, 3.05) is 12.9 Å². The van der Waals surface area contributed by atoms with E-state index in [1.807, 2.05) is 30.5 Å². The van der Waals surface area contributed by atoms with Gasteiger partial charge in [-0.1, -0.05) is 18.1 Å². The lowest BCUT2D eigenvalue weighted by Gasteiger charge is -2.09. The average molecular weight is 229 g/mol. The van der Waals surface area contributed by atoms with Crippen LogP contribution in [0.25, 0.3) is 10.9 Å². The summed E-state index contributed by atoms with van der Waals surface area (Å²) in [4.78, 5) is 5.36. The Hall–Kier alpha value is -1.66. The SMILES string of the molecule is C#CCSc1cnc2ccccc2c1OC. The van der Waals surface area contributed by atoms with Gasteiger partial charge < -0.3 is 4.74 Å². The number of aromatic nitrogens is 1. The van der Waals surface area contributed by atoms with E-state index in [0.29, 0.717) is 5.75 Å². The van der Waals surface area contributed by atoms with Crippen LogP contribution in [0.1, 0.15) is 0 Å². The number of methoxy groups -OCH3 is 1. The molecule has 0 unspecified atom stereocenters. The van der Waals surface area contributed by atoms with Crippen molar-refractivity contribution in [2.45, 2.75) is 4.90 Å². The van der Waals surface area contributed by atoms with E-state index in [-0.39, 0.29) is 0 Å². The Kier molecular flexibility index (Phi) is 3.33. The van der Waals surface area contributed by atoms with Crippen molar-refractivity contribution < 1.29 is 4.74 Å². The van der Waals surface area contributed by atoms with E-state index >= 15 is 0 Å². The monoisotopic (exact) mass is 229 g/mol. The highest BCUT2D eigenvalue weighted by Crippen LogP contribution is 2.34. The Balaban J connectivity index is 2.55. The molecule has 1 aromatic carbocycles. The fourth-order valence-corrected chi connectivity index (χ4v) is 2.22. The second-order valence-corrected chi connectivity index (χ2v) is 4.18. The molecule has 0 aliphatic heterocycles. The van der Waals surface area contributed by atoms with Gasteiger partial charge in [-0.15, -0.1) is 18.2 Å². The predicted octanol–water partition coefficient (Wildman–Crippen LogP) is 2.97. The molecule has 0 saturated carbocycles. The summed E-state index contributed by atoms with van der Waals surface area (Å²) in [7, 11) is 1.67. The molecule has 3 heteroatoms. The molecule has 0 bridgehead atoms. The number of benzene rings is 1. The van der Waals surface area contributed by atoms with Crippen LogP contribution in [0.2, 0.25) is 0 Å². The molecule has 16 heavy (non-hydrogen) atoms. The Morgan fingerprint density at radius 1 is 1.44 bits per heavy atom. The maximum Gasteiger partial charge on any atom is 0.143 e. The molecule has 2 aromatic rings. The first-order valence-corrected chi connectivity index (χ1v) is 5.83. The second-order valence-electron chi connectivity index (χ2n) is 3.17. The molecule has 2 rings (SSSR count). The third kappa shape index (κ3) is 1.98. The third-order valence-electron chi connectivity index (χ3n) is 2.21. The van der Waals surface area contributed by atoms with Crippen molar-refractivity contribution in [2.24, 2.45) is 0 Å². The van der Waals surface area contributed by atoms with Crippen LogP contribution in [0.3, 0.4) is 0 Å². The van der Waals surface area contributed by atoms with Crippen LogP contribution in [0.5, 0.6) is 5.75 Å². The molecule has 0 aliphatic rings. The zero-order valence-corrected chi connectivity index (χ0v) is 9.75. The van der Waals surface area contributed by atoms with Crippen molar-refractivity contribution in [1.29, 1.82) is 0 Å². The predicted molar refractivity (Wildman–Crippen MR) is 67.9 cm³/mol. The number of terminal acetylenes is 1. The summed E-state index contributed by atoms with van der Waals surface area (Å²) in [5.74, 6) is 4.07. The summed E-state index contributed by atoms with van der Waals surface area (Å²) in [6.45, 7) is 0. The van der Waals surface area contributed by atoms with E-state index in [2.05, 4.69) is 10.9 Å². The summed E-state index contributed by atoms with van der Waals surface area (Å²) < 4.78 is 5.43. The Morgan fingerprint density at radius 3 is 3.00 bits per heavy atom. The van der Waals surface area contributed by atoms with Gasteiger partial charge in [-0.25, -0.2) is 0 Å². The Bertz CT molecular complexity index is 545. The number of hydrogen-bond donors (Lipinski definition) is 0. The first-order chi connectivity index (χ1) is 7.86. The van der Waals surface area contributed by atoms with E-state index in [1.165, 1.54) is 0 Å². The summed E-state index contributed by atoms with van der Waals surface area (Å²) in [5.41, 5.74) is 0.935. The van der Waals surface area contributed by atoms with Gasteiger partial charge in [0.2, 0.25) is 0 Å². The lowest BCUT2D eigenvalue weighted by atomic mass is 10.2. The van der Waals surface area contributed by atoms with Gasteiger partial charge in [0.25, 0.3) is 0 Å². The van der Waals surface area contributed by atoms with Crippen LogP contribution in [0.15, 0.2) is 35.4 Å². The molecule has 0 radical (unpaired) electrons. The number of rotatable bonds is 3. The number of nitrogens with zero attached hydrogens (tertiary/aromatic N) is 1. The van der Waals surface area contributed by atoms with Crippen molar-refractivity contribution in [3.05, 3.63) is 30.5 Å². The molecular weight excluding hydrogens is 218 g/mol. The lowest BCUT2D eigenvalue weighted by Crippen LogP contribution is -1.90. The van der Waals surface area contributed by atoms with E-state index in [9.17, 15) is 0 Å². The minimum absolute atomic E-state index is 0.621. The number of thioether (sulfide) groups is 1. The van der Waals surface area contributed by atoms with Crippen LogP contribution in [-0.4, -0.2) is 17.8 Å². The number of para-hydroxylation sites is 1. The van der Waals surface area contributed by atoms with E-state index in [0.717, 1.165) is 21.5 Å². The quantitative estimate of drug-likeness (QED) is 0.596. The van der Waals surface area contributed by atoms with E-state index < -0.39 is 0 Å². The maximum absolute atomic E-state index is 5.43. The van der Waals surface area contributed by atoms with Crippen LogP contribution >= 0.6 is 11.8 Å². The summed E-state index contributed by atoms with van der Waals surface area (Å²) in [5, 5.41) is 1.02. The largest absolute Gasteiger partial charge is 0.495 e. The molecule has 0 aliphatic carbocycles. The summed E-state index contributed by atoms with van der Waals surface area (Å²) >= 11 is 1.56. The first kappa shape index (κ1) is 10.8. The summed E-state index contributed by atoms with van der Waals surface area (Å²) in [6, 6.07) is 7.90. The minimum atomic E-state index is 0.621. The molecule has 2 nitrogen and oxygen atoms in total. The van der Waals surface area contributed by atoms with Gasteiger partial charge >= 0.3 is 0 Å². The molecule has 0 spiro atoms. The molecule has 0 fully saturated rings. The highest BCUT2D eigenvalue weighted by atomic mass is 32.2. The normalized spacial score (nSPS) is 10.0. The molecule has 0 amide bonds. The molecule has 0 saturated heterocycles. The fourth-order valence-electron chi connectivity index (χ4n) is 1.53. The van der Waals surface area contributed by atoms with Crippen LogP contribution in [-0.2, 0) is 0 Å². The van der Waals surface area contributed by atoms with Gasteiger partial charge in [-0.05, 0) is 12.1 Å². The van der Waals surface area contributed by atoms with Gasteiger partial charge in [0.05, 0.1) is 23.3 Å². The lowest BCUT2D eigenvalue weighted by molar-refractivity contribution is 0.409. The zero-order valence-electron chi connectivity index (χ0n) is 8.93. The van der Waals surface area contributed by atoms with Gasteiger partial charge in [0, 0.05) is 11.6 Å². The van der Waals surface area contributed by atoms with Gasteiger partial charge in [-0.2, -0.15) is 0 Å². The highest BCUT2D eigenvalue weighted by Gasteiger charge is 2.08. The molecule has 1 aromatic heterocycles. The van der Waals surface area contributed by atoms with E-state index in [1.54, 1.807) is 18.9 Å². The maximum atomic E-state index is 5.43. The molecule has 80 valence electrons.